The predicted molar refractivity (Wildman–Crippen MR) is 105 cm³/mol. The molecule has 0 aliphatic carbocycles. The number of hydrogen-bond acceptors (Lipinski definition) is 3. The molecule has 5 heteroatoms. The molecule has 2 aromatic rings. The molecule has 1 fully saturated rings. The fourth-order valence-electron chi connectivity index (χ4n) is 3.63. The van der Waals surface area contributed by atoms with Crippen LogP contribution in [0.1, 0.15) is 56.8 Å². The highest BCUT2D eigenvalue weighted by Gasteiger charge is 2.14. The summed E-state index contributed by atoms with van der Waals surface area (Å²) >= 11 is 0. The average molecular weight is 354 g/mol. The Kier molecular flexibility index (Phi) is 6.45. The Morgan fingerprint density at radius 2 is 2.15 bits per heavy atom. The predicted octanol–water partition coefficient (Wildman–Crippen LogP) is 3.77. The van der Waals surface area contributed by atoms with Gasteiger partial charge in [-0.3, -0.25) is 4.79 Å². The third kappa shape index (κ3) is 5.18. The minimum absolute atomic E-state index is 0.117. The van der Waals surface area contributed by atoms with Gasteiger partial charge in [0.25, 0.3) is 0 Å². The second kappa shape index (κ2) is 8.99. The number of aromatic nitrogens is 2. The van der Waals surface area contributed by atoms with Crippen LogP contribution in [-0.4, -0.2) is 28.5 Å². The molecule has 0 bridgehead atoms. The van der Waals surface area contributed by atoms with E-state index >= 15 is 0 Å². The van der Waals surface area contributed by atoms with Gasteiger partial charge in [-0.25, -0.2) is 4.98 Å². The third-order valence-electron chi connectivity index (χ3n) is 5.07. The van der Waals surface area contributed by atoms with E-state index in [0.29, 0.717) is 18.3 Å². The Labute approximate surface area is 156 Å². The van der Waals surface area contributed by atoms with Crippen LogP contribution in [-0.2, 0) is 11.3 Å². The fourth-order valence-corrected chi connectivity index (χ4v) is 3.63. The van der Waals surface area contributed by atoms with Gasteiger partial charge >= 0.3 is 0 Å². The maximum absolute atomic E-state index is 12.3. The van der Waals surface area contributed by atoms with Crippen molar-refractivity contribution >= 4 is 11.6 Å². The molecular weight excluding hydrogens is 324 g/mol. The van der Waals surface area contributed by atoms with Crippen molar-refractivity contribution in [1.82, 2.24) is 14.9 Å². The highest BCUT2D eigenvalue weighted by atomic mass is 16.1. The summed E-state index contributed by atoms with van der Waals surface area (Å²) in [6.45, 7) is 7.24. The van der Waals surface area contributed by atoms with Crippen molar-refractivity contribution in [3.63, 3.8) is 0 Å². The highest BCUT2D eigenvalue weighted by Crippen LogP contribution is 2.19. The maximum Gasteiger partial charge on any atom is 0.224 e. The topological polar surface area (TPSA) is 59.0 Å². The normalized spacial score (nSPS) is 15.3. The van der Waals surface area contributed by atoms with Gasteiger partial charge in [0.1, 0.15) is 5.82 Å². The second-order valence-electron chi connectivity index (χ2n) is 7.55. The van der Waals surface area contributed by atoms with Gasteiger partial charge in [-0.15, -0.1) is 0 Å². The summed E-state index contributed by atoms with van der Waals surface area (Å²) in [6, 6.07) is 8.12. The number of rotatable bonds is 7. The first-order valence-corrected chi connectivity index (χ1v) is 9.72. The van der Waals surface area contributed by atoms with Crippen molar-refractivity contribution < 1.29 is 4.79 Å². The van der Waals surface area contributed by atoms with Crippen molar-refractivity contribution in [3.05, 3.63) is 48.0 Å². The molecule has 0 saturated carbocycles. The Bertz CT molecular complexity index is 716. The summed E-state index contributed by atoms with van der Waals surface area (Å²) in [5.74, 6) is 2.28. The Balaban J connectivity index is 1.55. The summed E-state index contributed by atoms with van der Waals surface area (Å²) in [5, 5.41) is 6.43. The van der Waals surface area contributed by atoms with Crippen LogP contribution < -0.4 is 10.6 Å². The number of hydrogen-bond donors (Lipinski definition) is 2. The van der Waals surface area contributed by atoms with E-state index in [0.717, 1.165) is 37.6 Å². The van der Waals surface area contributed by atoms with E-state index in [9.17, 15) is 4.79 Å². The molecule has 1 aromatic heterocycles. The number of carbonyl (C=O) groups is 1. The first-order valence-electron chi connectivity index (χ1n) is 9.72. The van der Waals surface area contributed by atoms with E-state index in [2.05, 4.69) is 46.2 Å². The summed E-state index contributed by atoms with van der Waals surface area (Å²) in [4.78, 5) is 16.7. The zero-order chi connectivity index (χ0) is 18.4. The van der Waals surface area contributed by atoms with Crippen LogP contribution in [0.2, 0.25) is 0 Å². The van der Waals surface area contributed by atoms with Crippen LogP contribution in [0.25, 0.3) is 0 Å². The molecule has 1 saturated heterocycles. The Morgan fingerprint density at radius 1 is 1.35 bits per heavy atom. The molecule has 5 nitrogen and oxygen atoms in total. The standard InChI is InChI=1S/C21H30N4O/c1-16(2)21-23-12-13-25(21)15-18-4-3-5-19(14-18)24-20(26)7-6-17-8-10-22-11-9-17/h3-5,12-14,16-17,22H,6-11,15H2,1-2H3,(H,24,26). The molecule has 2 N–H and O–H groups in total. The van der Waals surface area contributed by atoms with Crippen molar-refractivity contribution in [1.29, 1.82) is 0 Å². The molecule has 3 rings (SSSR count). The van der Waals surface area contributed by atoms with Crippen LogP contribution in [0.15, 0.2) is 36.7 Å². The van der Waals surface area contributed by atoms with Crippen LogP contribution >= 0.6 is 0 Å². The van der Waals surface area contributed by atoms with Gasteiger partial charge in [0.2, 0.25) is 5.91 Å². The van der Waals surface area contributed by atoms with Gasteiger partial charge < -0.3 is 15.2 Å². The van der Waals surface area contributed by atoms with Gasteiger partial charge in [0.05, 0.1) is 0 Å². The summed E-state index contributed by atoms with van der Waals surface area (Å²) < 4.78 is 2.17. The molecule has 26 heavy (non-hydrogen) atoms. The van der Waals surface area contributed by atoms with Gasteiger partial charge in [-0.2, -0.15) is 0 Å². The van der Waals surface area contributed by atoms with E-state index in [1.807, 2.05) is 24.5 Å². The molecule has 0 atom stereocenters. The molecule has 1 aromatic carbocycles. The minimum atomic E-state index is 0.117. The number of amides is 1. The number of nitrogens with one attached hydrogen (secondary N) is 2. The number of anilines is 1. The number of benzene rings is 1. The quantitative estimate of drug-likeness (QED) is 0.796. The van der Waals surface area contributed by atoms with E-state index < -0.39 is 0 Å². The molecule has 0 radical (unpaired) electrons. The Hall–Kier alpha value is -2.14. The second-order valence-corrected chi connectivity index (χ2v) is 7.55. The molecule has 0 unspecified atom stereocenters. The molecule has 2 heterocycles. The number of imidazole rings is 1. The largest absolute Gasteiger partial charge is 0.330 e. The molecule has 140 valence electrons. The fraction of sp³-hybridized carbons (Fsp3) is 0.524. The van der Waals surface area contributed by atoms with Gasteiger partial charge in [-0.1, -0.05) is 26.0 Å². The van der Waals surface area contributed by atoms with E-state index in [-0.39, 0.29) is 5.91 Å². The van der Waals surface area contributed by atoms with Crippen molar-refractivity contribution in [2.24, 2.45) is 5.92 Å². The zero-order valence-corrected chi connectivity index (χ0v) is 15.9. The molecule has 1 amide bonds. The summed E-state index contributed by atoms with van der Waals surface area (Å²) in [6.07, 6.45) is 7.83. The minimum Gasteiger partial charge on any atom is -0.330 e. The van der Waals surface area contributed by atoms with Crippen LogP contribution in [0.5, 0.6) is 0 Å². The van der Waals surface area contributed by atoms with Crippen molar-refractivity contribution in [3.8, 4) is 0 Å². The molecule has 0 spiro atoms. The van der Waals surface area contributed by atoms with E-state index in [4.69, 9.17) is 0 Å². The number of carbonyl (C=O) groups excluding carboxylic acids is 1. The van der Waals surface area contributed by atoms with Gasteiger partial charge in [-0.05, 0) is 56.0 Å². The van der Waals surface area contributed by atoms with E-state index in [1.165, 1.54) is 18.4 Å². The first kappa shape index (κ1) is 18.6. The maximum atomic E-state index is 12.3. The molecular formula is C21H30N4O. The lowest BCUT2D eigenvalue weighted by Crippen LogP contribution is -2.28. The highest BCUT2D eigenvalue weighted by molar-refractivity contribution is 5.90. The SMILES string of the molecule is CC(C)c1nccn1Cc1cccc(NC(=O)CCC2CCNCC2)c1. The lowest BCUT2D eigenvalue weighted by atomic mass is 9.93. The van der Waals surface area contributed by atoms with Crippen LogP contribution in [0.4, 0.5) is 5.69 Å². The Morgan fingerprint density at radius 3 is 2.92 bits per heavy atom. The average Bonchev–Trinajstić information content (AvgIpc) is 3.09. The smallest absolute Gasteiger partial charge is 0.224 e. The molecule has 1 aliphatic heterocycles. The van der Waals surface area contributed by atoms with E-state index in [1.54, 1.807) is 0 Å². The van der Waals surface area contributed by atoms with Gasteiger partial charge in [0, 0.05) is 37.0 Å². The first-order chi connectivity index (χ1) is 12.6. The zero-order valence-electron chi connectivity index (χ0n) is 15.9. The third-order valence-corrected chi connectivity index (χ3v) is 5.07. The van der Waals surface area contributed by atoms with Crippen LogP contribution in [0.3, 0.4) is 0 Å². The summed E-state index contributed by atoms with van der Waals surface area (Å²) in [7, 11) is 0. The van der Waals surface area contributed by atoms with Gasteiger partial charge in [0.15, 0.2) is 0 Å². The lowest BCUT2D eigenvalue weighted by Gasteiger charge is -2.22. The lowest BCUT2D eigenvalue weighted by molar-refractivity contribution is -0.116. The number of piperidine rings is 1. The summed E-state index contributed by atoms with van der Waals surface area (Å²) in [5.41, 5.74) is 2.05. The van der Waals surface area contributed by atoms with Crippen molar-refractivity contribution in [2.75, 3.05) is 18.4 Å². The monoisotopic (exact) mass is 354 g/mol. The molecule has 1 aliphatic rings. The number of nitrogens with zero attached hydrogens (tertiary/aromatic N) is 2. The van der Waals surface area contributed by atoms with Crippen molar-refractivity contribution in [2.45, 2.75) is 52.0 Å². The van der Waals surface area contributed by atoms with Crippen LogP contribution in [0, 0.1) is 5.92 Å².